The summed E-state index contributed by atoms with van der Waals surface area (Å²) < 4.78 is 0. The van der Waals surface area contributed by atoms with E-state index in [0.29, 0.717) is 6.16 Å². The van der Waals surface area contributed by atoms with E-state index in [-0.39, 0.29) is 12.8 Å². The fourth-order valence-corrected chi connectivity index (χ4v) is 2.41. The van der Waals surface area contributed by atoms with E-state index in [1.54, 1.807) is 0 Å². The molecule has 2 unspecified atom stereocenters. The summed E-state index contributed by atoms with van der Waals surface area (Å²) in [5.74, 6) is -2.16. The number of carboxylic acid groups (broad SMARTS) is 2. The zero-order chi connectivity index (χ0) is 12.6. The number of rotatable bonds is 9. The van der Waals surface area contributed by atoms with Crippen LogP contribution in [0.2, 0.25) is 0 Å². The lowest BCUT2D eigenvalue weighted by Gasteiger charge is -2.17. The molecule has 0 radical (unpaired) electrons. The molecule has 0 rings (SSSR count). The second-order valence-electron chi connectivity index (χ2n) is 3.43. The van der Waals surface area contributed by atoms with Crippen molar-refractivity contribution in [1.29, 1.82) is 0 Å². The summed E-state index contributed by atoms with van der Waals surface area (Å²) in [6, 6.07) is -0.982. The summed E-state index contributed by atoms with van der Waals surface area (Å²) in [4.78, 5) is 30.6. The predicted molar refractivity (Wildman–Crippen MR) is 60.3 cm³/mol. The maximum Gasteiger partial charge on any atom is 0.321 e. The summed E-state index contributed by atoms with van der Waals surface area (Å²) in [6.45, 7) is 1.97. The first kappa shape index (κ1) is 15.3. The summed E-state index contributed by atoms with van der Waals surface area (Å²) in [7, 11) is -1.51. The van der Waals surface area contributed by atoms with Crippen LogP contribution in [-0.4, -0.2) is 39.2 Å². The van der Waals surface area contributed by atoms with Gasteiger partial charge in [0.1, 0.15) is 6.04 Å². The Hall–Kier alpha value is -0.710. The molecule has 4 N–H and O–H groups in total. The lowest BCUT2D eigenvalue weighted by atomic mass is 10.2. The van der Waals surface area contributed by atoms with Gasteiger partial charge in [-0.3, -0.25) is 14.7 Å². The van der Waals surface area contributed by atoms with Crippen LogP contribution in [0.1, 0.15) is 32.6 Å². The van der Waals surface area contributed by atoms with Gasteiger partial charge in [0.2, 0.25) is 0 Å². The van der Waals surface area contributed by atoms with Crippen molar-refractivity contribution in [2.45, 2.75) is 38.6 Å². The number of carboxylic acids is 2. The topological polar surface area (TPSA) is 107 Å². The molecule has 0 fully saturated rings. The van der Waals surface area contributed by atoms with E-state index in [4.69, 9.17) is 10.2 Å². The summed E-state index contributed by atoms with van der Waals surface area (Å²) >= 11 is 0. The van der Waals surface area contributed by atoms with Crippen molar-refractivity contribution in [3.05, 3.63) is 0 Å². The van der Waals surface area contributed by atoms with Crippen LogP contribution in [0.5, 0.6) is 0 Å². The lowest BCUT2D eigenvalue weighted by molar-refractivity contribution is -0.140. The summed E-state index contributed by atoms with van der Waals surface area (Å²) in [5.41, 5.74) is 0. The van der Waals surface area contributed by atoms with Gasteiger partial charge in [-0.2, -0.15) is 0 Å². The van der Waals surface area contributed by atoms with E-state index >= 15 is 0 Å². The molecule has 0 saturated carbocycles. The van der Waals surface area contributed by atoms with E-state index in [9.17, 15) is 14.5 Å². The number of nitrogens with one attached hydrogen (secondary N) is 1. The number of carbonyl (C=O) groups is 2. The molecule has 0 aliphatic carbocycles. The Labute approximate surface area is 95.6 Å². The molecule has 0 aliphatic rings. The number of aliphatic carboxylic acids is 2. The number of hydrogen-bond acceptors (Lipinski definition) is 4. The van der Waals surface area contributed by atoms with Crippen molar-refractivity contribution >= 4 is 20.2 Å². The summed E-state index contributed by atoms with van der Waals surface area (Å²) in [5, 5.41) is 19.8. The van der Waals surface area contributed by atoms with Gasteiger partial charge in [0.25, 0.3) is 0 Å². The van der Waals surface area contributed by atoms with E-state index in [1.165, 1.54) is 0 Å². The Bertz CT molecular complexity index is 236. The Morgan fingerprint density at radius 3 is 2.44 bits per heavy atom. The van der Waals surface area contributed by atoms with Crippen LogP contribution in [-0.2, 0) is 9.59 Å². The first-order valence-corrected chi connectivity index (χ1v) is 6.62. The van der Waals surface area contributed by atoms with E-state index in [0.717, 1.165) is 12.8 Å². The Balaban J connectivity index is 4.01. The molecule has 7 heteroatoms. The molecule has 6 nitrogen and oxygen atoms in total. The molecule has 0 aromatic heterocycles. The molecule has 16 heavy (non-hydrogen) atoms. The molecule has 94 valence electrons. The lowest BCUT2D eigenvalue weighted by Crippen LogP contribution is -2.34. The Morgan fingerprint density at radius 1 is 1.38 bits per heavy atom. The number of unbranched alkanes of at least 4 members (excludes halogenated alkanes) is 1. The van der Waals surface area contributed by atoms with Gasteiger partial charge in [0, 0.05) is 12.6 Å². The standard InChI is InChI=1S/C9H18NO5P/c1-2-3-6-16(15)10-7(9(13)14)4-5-8(11)12/h7,10,15H,2-6H2,1H3,(H,11,12)(H,13,14). The van der Waals surface area contributed by atoms with Crippen molar-refractivity contribution in [1.82, 2.24) is 5.09 Å². The van der Waals surface area contributed by atoms with Crippen LogP contribution in [0, 0.1) is 0 Å². The fraction of sp³-hybridized carbons (Fsp3) is 0.778. The van der Waals surface area contributed by atoms with Crippen LogP contribution in [0.4, 0.5) is 0 Å². The monoisotopic (exact) mass is 251 g/mol. The van der Waals surface area contributed by atoms with Crippen LogP contribution in [0.3, 0.4) is 0 Å². The molecular weight excluding hydrogens is 233 g/mol. The first-order chi connectivity index (χ1) is 7.47. The molecule has 0 aromatic rings. The molecule has 0 bridgehead atoms. The van der Waals surface area contributed by atoms with Gasteiger partial charge < -0.3 is 15.1 Å². The largest absolute Gasteiger partial charge is 0.481 e. The zero-order valence-electron chi connectivity index (χ0n) is 9.22. The van der Waals surface area contributed by atoms with Gasteiger partial charge in [0.15, 0.2) is 0 Å². The molecule has 0 aromatic carbocycles. The quantitative estimate of drug-likeness (QED) is 0.455. The fourth-order valence-electron chi connectivity index (χ4n) is 1.06. The SMILES string of the molecule is CCCCP(O)NC(CCC(=O)O)C(=O)O. The molecule has 0 aliphatic heterocycles. The summed E-state index contributed by atoms with van der Waals surface area (Å²) in [6.07, 6.45) is 2.04. The Morgan fingerprint density at radius 2 is 2.00 bits per heavy atom. The van der Waals surface area contributed by atoms with Gasteiger partial charge in [0.05, 0.1) is 8.30 Å². The predicted octanol–water partition coefficient (Wildman–Crippen LogP) is 0.998. The molecule has 0 spiro atoms. The third-order valence-corrected chi connectivity index (χ3v) is 3.32. The number of hydrogen-bond donors (Lipinski definition) is 4. The van der Waals surface area contributed by atoms with Crippen LogP contribution in [0.15, 0.2) is 0 Å². The van der Waals surface area contributed by atoms with Crippen molar-refractivity contribution in [3.8, 4) is 0 Å². The van der Waals surface area contributed by atoms with E-state index in [2.05, 4.69) is 5.09 Å². The van der Waals surface area contributed by atoms with Gasteiger partial charge in [-0.25, -0.2) is 0 Å². The van der Waals surface area contributed by atoms with Crippen molar-refractivity contribution in [3.63, 3.8) is 0 Å². The van der Waals surface area contributed by atoms with E-state index in [1.807, 2.05) is 6.92 Å². The van der Waals surface area contributed by atoms with Crippen LogP contribution < -0.4 is 5.09 Å². The normalized spacial score (nSPS) is 14.4. The van der Waals surface area contributed by atoms with E-state index < -0.39 is 26.3 Å². The highest BCUT2D eigenvalue weighted by molar-refractivity contribution is 7.49. The minimum absolute atomic E-state index is 0.0177. The second kappa shape index (κ2) is 8.44. The van der Waals surface area contributed by atoms with Crippen LogP contribution >= 0.6 is 8.30 Å². The van der Waals surface area contributed by atoms with Crippen molar-refractivity contribution < 1.29 is 24.7 Å². The highest BCUT2D eigenvalue weighted by Gasteiger charge is 2.21. The molecule has 2 atom stereocenters. The average molecular weight is 251 g/mol. The minimum Gasteiger partial charge on any atom is -0.481 e. The van der Waals surface area contributed by atoms with Gasteiger partial charge >= 0.3 is 11.9 Å². The second-order valence-corrected chi connectivity index (χ2v) is 4.93. The third-order valence-electron chi connectivity index (χ3n) is 1.97. The van der Waals surface area contributed by atoms with Crippen LogP contribution in [0.25, 0.3) is 0 Å². The zero-order valence-corrected chi connectivity index (χ0v) is 10.1. The maximum absolute atomic E-state index is 10.8. The Kier molecular flexibility index (Phi) is 8.07. The minimum atomic E-state index is -1.51. The first-order valence-electron chi connectivity index (χ1n) is 5.14. The molecular formula is C9H18NO5P. The van der Waals surface area contributed by atoms with Crippen molar-refractivity contribution in [2.75, 3.05) is 6.16 Å². The molecule has 0 saturated heterocycles. The van der Waals surface area contributed by atoms with Gasteiger partial charge in [-0.1, -0.05) is 13.3 Å². The smallest absolute Gasteiger partial charge is 0.321 e. The average Bonchev–Trinajstić information content (AvgIpc) is 2.20. The third kappa shape index (κ3) is 7.56. The molecule has 0 heterocycles. The highest BCUT2D eigenvalue weighted by Crippen LogP contribution is 2.27. The maximum atomic E-state index is 10.8. The van der Waals surface area contributed by atoms with Crippen molar-refractivity contribution in [2.24, 2.45) is 0 Å². The molecule has 0 amide bonds. The van der Waals surface area contributed by atoms with Gasteiger partial charge in [-0.05, 0) is 12.8 Å². The highest BCUT2D eigenvalue weighted by atomic mass is 31.2. The van der Waals surface area contributed by atoms with Gasteiger partial charge in [-0.15, -0.1) is 0 Å².